The zero-order valence-corrected chi connectivity index (χ0v) is 12.6. The molecule has 1 aliphatic rings. The molecule has 2 heterocycles. The maximum Gasteiger partial charge on any atom is 0.185 e. The Bertz CT molecular complexity index is 398. The Morgan fingerprint density at radius 3 is 2.94 bits per heavy atom. The minimum atomic E-state index is -0.618. The molecule has 0 bridgehead atoms. The first-order valence-electron chi connectivity index (χ1n) is 6.49. The Balaban J connectivity index is 1.95. The number of hydrogen-bond acceptors (Lipinski definition) is 5. The van der Waals surface area contributed by atoms with Gasteiger partial charge in [-0.1, -0.05) is 6.92 Å². The fourth-order valence-electron chi connectivity index (χ4n) is 1.91. The highest BCUT2D eigenvalue weighted by Crippen LogP contribution is 2.27. The summed E-state index contributed by atoms with van der Waals surface area (Å²) in [4.78, 5) is 8.03. The van der Waals surface area contributed by atoms with Crippen LogP contribution in [0.1, 0.15) is 31.2 Å². The Kier molecular flexibility index (Phi) is 5.14. The van der Waals surface area contributed by atoms with E-state index >= 15 is 0 Å². The number of aromatic nitrogens is 1. The molecule has 0 saturated carbocycles. The third kappa shape index (κ3) is 3.52. The second-order valence-electron chi connectivity index (χ2n) is 4.56. The monoisotopic (exact) mass is 287 g/mol. The van der Waals surface area contributed by atoms with E-state index in [1.165, 1.54) is 4.88 Å². The molecule has 1 atom stereocenters. The summed E-state index contributed by atoms with van der Waals surface area (Å²) < 4.78 is 11.3. The minimum absolute atomic E-state index is 0.370. The van der Waals surface area contributed by atoms with Crippen LogP contribution in [0.3, 0.4) is 0 Å². The topological polar surface area (TPSA) is 45.2 Å². The van der Waals surface area contributed by atoms with Gasteiger partial charge in [-0.25, -0.2) is 4.98 Å². The van der Waals surface area contributed by atoms with Crippen LogP contribution < -0.4 is 10.2 Å². The van der Waals surface area contributed by atoms with Crippen LogP contribution >= 0.6 is 11.3 Å². The maximum absolute atomic E-state index is 11.3. The van der Waals surface area contributed by atoms with E-state index in [0.717, 1.165) is 42.7 Å². The molecule has 18 heavy (non-hydrogen) atoms. The zero-order valence-electron chi connectivity index (χ0n) is 11.0. The van der Waals surface area contributed by atoms with Crippen LogP contribution in [-0.2, 0) is 10.8 Å². The normalized spacial score (nSPS) is 19.1. The summed E-state index contributed by atoms with van der Waals surface area (Å²) in [6.45, 7) is 7.13. The first-order valence-corrected chi connectivity index (χ1v) is 8.80. The summed E-state index contributed by atoms with van der Waals surface area (Å²) in [6.07, 6.45) is 3.12. The van der Waals surface area contributed by atoms with Crippen LogP contribution in [0.5, 0.6) is 0 Å². The lowest BCUT2D eigenvalue weighted by Gasteiger charge is -2.25. The van der Waals surface area contributed by atoms with Gasteiger partial charge in [-0.15, -0.1) is 11.3 Å². The molecule has 0 radical (unpaired) electrons. The molecule has 1 fully saturated rings. The van der Waals surface area contributed by atoms with Crippen molar-refractivity contribution in [2.45, 2.75) is 26.3 Å². The molecule has 1 N–H and O–H groups in total. The van der Waals surface area contributed by atoms with E-state index in [2.05, 4.69) is 29.0 Å². The highest BCUT2D eigenvalue weighted by molar-refractivity contribution is 7.85. The van der Waals surface area contributed by atoms with Crippen molar-refractivity contribution < 1.29 is 4.21 Å². The molecule has 0 amide bonds. The molecule has 102 valence electrons. The summed E-state index contributed by atoms with van der Waals surface area (Å²) in [7, 11) is -0.618. The lowest BCUT2D eigenvalue weighted by molar-refractivity contribution is 0.577. The van der Waals surface area contributed by atoms with Crippen molar-refractivity contribution in [2.75, 3.05) is 36.0 Å². The first-order chi connectivity index (χ1) is 8.70. The molecular formula is C12H21N3OS2. The lowest BCUT2D eigenvalue weighted by Crippen LogP contribution is -2.37. The number of hydrogen-bond donors (Lipinski definition) is 1. The van der Waals surface area contributed by atoms with E-state index in [1.54, 1.807) is 11.3 Å². The van der Waals surface area contributed by atoms with E-state index in [9.17, 15) is 4.21 Å². The van der Waals surface area contributed by atoms with Crippen LogP contribution in [-0.4, -0.2) is 40.3 Å². The van der Waals surface area contributed by atoms with Crippen LogP contribution in [0.15, 0.2) is 6.20 Å². The molecule has 1 unspecified atom stereocenters. The number of anilines is 1. The molecule has 4 nitrogen and oxygen atoms in total. The van der Waals surface area contributed by atoms with Gasteiger partial charge in [-0.3, -0.25) is 4.21 Å². The van der Waals surface area contributed by atoms with Crippen molar-refractivity contribution in [1.29, 1.82) is 0 Å². The van der Waals surface area contributed by atoms with Crippen molar-refractivity contribution in [3.63, 3.8) is 0 Å². The van der Waals surface area contributed by atoms with Gasteiger partial charge in [-0.05, 0) is 19.9 Å². The van der Waals surface area contributed by atoms with Gasteiger partial charge >= 0.3 is 0 Å². The predicted octanol–water partition coefficient (Wildman–Crippen LogP) is 1.77. The molecule has 0 spiro atoms. The molecule has 2 rings (SSSR count). The second kappa shape index (κ2) is 6.63. The third-order valence-corrected chi connectivity index (χ3v) is 5.60. The van der Waals surface area contributed by atoms with Gasteiger partial charge in [0.05, 0.1) is 0 Å². The lowest BCUT2D eigenvalue weighted by atomic mass is 10.3. The predicted molar refractivity (Wildman–Crippen MR) is 78.9 cm³/mol. The number of rotatable bonds is 5. The zero-order chi connectivity index (χ0) is 13.0. The molecule has 0 aliphatic carbocycles. The maximum atomic E-state index is 11.3. The Labute approximate surface area is 115 Å². The van der Waals surface area contributed by atoms with Gasteiger partial charge in [0.2, 0.25) is 0 Å². The molecule has 0 aromatic carbocycles. The summed E-state index contributed by atoms with van der Waals surface area (Å²) in [5.41, 5.74) is 0. The van der Waals surface area contributed by atoms with Crippen molar-refractivity contribution in [3.05, 3.63) is 11.1 Å². The van der Waals surface area contributed by atoms with Crippen LogP contribution in [0.25, 0.3) is 0 Å². The van der Waals surface area contributed by atoms with Crippen molar-refractivity contribution in [1.82, 2.24) is 10.3 Å². The molecular weight excluding hydrogens is 266 g/mol. The quantitative estimate of drug-likeness (QED) is 0.896. The minimum Gasteiger partial charge on any atom is -0.346 e. The summed E-state index contributed by atoms with van der Waals surface area (Å²) >= 11 is 1.75. The van der Waals surface area contributed by atoms with Crippen LogP contribution in [0, 0.1) is 0 Å². The Morgan fingerprint density at radius 1 is 1.56 bits per heavy atom. The molecule has 1 aromatic heterocycles. The van der Waals surface area contributed by atoms with E-state index < -0.39 is 10.8 Å². The van der Waals surface area contributed by atoms with Crippen molar-refractivity contribution in [2.24, 2.45) is 0 Å². The second-order valence-corrected chi connectivity index (χ2v) is 7.29. The van der Waals surface area contributed by atoms with Gasteiger partial charge < -0.3 is 10.2 Å². The van der Waals surface area contributed by atoms with E-state index in [1.807, 2.05) is 6.20 Å². The SMILES string of the molecule is CCCNC(C)c1cnc(N2CCS(=O)CC2)s1. The van der Waals surface area contributed by atoms with Gasteiger partial charge in [-0.2, -0.15) is 0 Å². The largest absolute Gasteiger partial charge is 0.346 e. The van der Waals surface area contributed by atoms with E-state index in [-0.39, 0.29) is 0 Å². The fourth-order valence-corrected chi connectivity index (χ4v) is 3.96. The smallest absolute Gasteiger partial charge is 0.185 e. The molecule has 1 aliphatic heterocycles. The Hall–Kier alpha value is -0.460. The summed E-state index contributed by atoms with van der Waals surface area (Å²) in [6, 6.07) is 0.370. The first kappa shape index (κ1) is 14.0. The van der Waals surface area contributed by atoms with E-state index in [0.29, 0.717) is 6.04 Å². The average Bonchev–Trinajstić information content (AvgIpc) is 2.86. The number of nitrogens with one attached hydrogen (secondary N) is 1. The van der Waals surface area contributed by atoms with Crippen molar-refractivity contribution >= 4 is 27.3 Å². The fraction of sp³-hybridized carbons (Fsp3) is 0.750. The number of nitrogens with zero attached hydrogens (tertiary/aromatic N) is 2. The molecule has 1 saturated heterocycles. The highest BCUT2D eigenvalue weighted by atomic mass is 32.2. The van der Waals surface area contributed by atoms with Crippen LogP contribution in [0.4, 0.5) is 5.13 Å². The van der Waals surface area contributed by atoms with Crippen molar-refractivity contribution in [3.8, 4) is 0 Å². The van der Waals surface area contributed by atoms with E-state index in [4.69, 9.17) is 0 Å². The van der Waals surface area contributed by atoms with Gasteiger partial charge in [0.1, 0.15) is 0 Å². The average molecular weight is 287 g/mol. The van der Waals surface area contributed by atoms with Crippen LogP contribution in [0.2, 0.25) is 0 Å². The summed E-state index contributed by atoms with van der Waals surface area (Å²) in [5.74, 6) is 1.55. The standard InChI is InChI=1S/C12H21N3OS2/c1-3-4-13-10(2)11-9-14-12(17-11)15-5-7-18(16)8-6-15/h9-10,13H,3-8H2,1-2H3. The Morgan fingerprint density at radius 2 is 2.28 bits per heavy atom. The number of thiazole rings is 1. The van der Waals surface area contributed by atoms with Gasteiger partial charge in [0, 0.05) is 52.5 Å². The third-order valence-electron chi connectivity index (χ3n) is 3.09. The molecule has 1 aromatic rings. The highest BCUT2D eigenvalue weighted by Gasteiger charge is 2.19. The van der Waals surface area contributed by atoms with Gasteiger partial charge in [0.25, 0.3) is 0 Å². The molecule has 6 heteroatoms. The summed E-state index contributed by atoms with van der Waals surface area (Å²) in [5, 5.41) is 4.55. The van der Waals surface area contributed by atoms with Gasteiger partial charge in [0.15, 0.2) is 5.13 Å².